The maximum Gasteiger partial charge on any atom is 0.123 e. The molecular formula is C19H27FN2. The molecule has 1 N–H and O–H groups in total. The van der Waals surface area contributed by atoms with E-state index in [0.29, 0.717) is 0 Å². The molecule has 2 nitrogen and oxygen atoms in total. The second-order valence-electron chi connectivity index (χ2n) is 6.43. The Morgan fingerprint density at radius 3 is 2.82 bits per heavy atom. The summed E-state index contributed by atoms with van der Waals surface area (Å²) >= 11 is 0. The van der Waals surface area contributed by atoms with Crippen LogP contribution in [0.1, 0.15) is 56.7 Å². The molecule has 1 aromatic heterocycles. The van der Waals surface area contributed by atoms with Gasteiger partial charge >= 0.3 is 0 Å². The van der Waals surface area contributed by atoms with Gasteiger partial charge in [-0.05, 0) is 30.2 Å². The number of aromatic nitrogens is 1. The predicted molar refractivity (Wildman–Crippen MR) is 90.7 cm³/mol. The first-order valence-electron chi connectivity index (χ1n) is 8.81. The first-order chi connectivity index (χ1) is 10.8. The van der Waals surface area contributed by atoms with E-state index in [1.807, 2.05) is 6.07 Å². The zero-order valence-electron chi connectivity index (χ0n) is 13.6. The highest BCUT2D eigenvalue weighted by Gasteiger charge is 2.19. The average Bonchev–Trinajstić information content (AvgIpc) is 2.84. The summed E-state index contributed by atoms with van der Waals surface area (Å²) < 4.78 is 16.1. The first kappa shape index (κ1) is 15.5. The van der Waals surface area contributed by atoms with Gasteiger partial charge in [-0.3, -0.25) is 0 Å². The summed E-state index contributed by atoms with van der Waals surface area (Å²) in [4.78, 5) is 0. The van der Waals surface area contributed by atoms with E-state index in [1.54, 1.807) is 12.1 Å². The van der Waals surface area contributed by atoms with Crippen molar-refractivity contribution in [2.24, 2.45) is 0 Å². The summed E-state index contributed by atoms with van der Waals surface area (Å²) in [6, 6.07) is 5.26. The molecule has 0 unspecified atom stereocenters. The van der Waals surface area contributed by atoms with Crippen molar-refractivity contribution in [2.75, 3.05) is 6.54 Å². The Morgan fingerprint density at radius 2 is 1.95 bits per heavy atom. The number of benzene rings is 1. The molecule has 120 valence electrons. The monoisotopic (exact) mass is 302 g/mol. The molecule has 3 rings (SSSR count). The largest absolute Gasteiger partial charge is 0.344 e. The Bertz CT molecular complexity index is 630. The number of unbranched alkanes of at least 4 members (excludes halogenated alkanes) is 5. The normalized spacial score (nSPS) is 14.5. The third kappa shape index (κ3) is 3.19. The highest BCUT2D eigenvalue weighted by Crippen LogP contribution is 2.29. The quantitative estimate of drug-likeness (QED) is 0.728. The van der Waals surface area contributed by atoms with Crippen LogP contribution in [0.5, 0.6) is 0 Å². The molecule has 0 bridgehead atoms. The average molecular weight is 302 g/mol. The Morgan fingerprint density at radius 1 is 1.14 bits per heavy atom. The lowest BCUT2D eigenvalue weighted by atomic mass is 10.1. The van der Waals surface area contributed by atoms with E-state index in [4.69, 9.17) is 0 Å². The van der Waals surface area contributed by atoms with Crippen LogP contribution in [0.15, 0.2) is 18.2 Å². The van der Waals surface area contributed by atoms with Gasteiger partial charge in [0.05, 0.1) is 0 Å². The molecule has 2 aromatic rings. The molecule has 0 aliphatic carbocycles. The van der Waals surface area contributed by atoms with Crippen LogP contribution in [0.4, 0.5) is 4.39 Å². The fourth-order valence-corrected chi connectivity index (χ4v) is 3.66. The Balaban J connectivity index is 1.76. The van der Waals surface area contributed by atoms with Crippen LogP contribution >= 0.6 is 0 Å². The van der Waals surface area contributed by atoms with Crippen molar-refractivity contribution in [1.82, 2.24) is 9.88 Å². The highest BCUT2D eigenvalue weighted by atomic mass is 19.1. The molecule has 1 aliphatic rings. The van der Waals surface area contributed by atoms with Crippen LogP contribution < -0.4 is 5.32 Å². The summed E-state index contributed by atoms with van der Waals surface area (Å²) in [5.41, 5.74) is 3.95. The van der Waals surface area contributed by atoms with Gasteiger partial charge in [-0.1, -0.05) is 39.0 Å². The van der Waals surface area contributed by atoms with Crippen molar-refractivity contribution in [3.63, 3.8) is 0 Å². The van der Waals surface area contributed by atoms with E-state index in [9.17, 15) is 4.39 Å². The lowest BCUT2D eigenvalue weighted by Crippen LogP contribution is -2.24. The van der Waals surface area contributed by atoms with Crippen LogP contribution in [0.3, 0.4) is 0 Å². The van der Waals surface area contributed by atoms with Crippen molar-refractivity contribution in [1.29, 1.82) is 0 Å². The Kier molecular flexibility index (Phi) is 5.14. The van der Waals surface area contributed by atoms with E-state index in [2.05, 4.69) is 16.8 Å². The molecule has 0 saturated carbocycles. The number of nitrogens with zero attached hydrogens (tertiary/aromatic N) is 1. The second kappa shape index (κ2) is 7.28. The zero-order chi connectivity index (χ0) is 15.4. The van der Waals surface area contributed by atoms with Gasteiger partial charge in [0.25, 0.3) is 0 Å². The highest BCUT2D eigenvalue weighted by molar-refractivity contribution is 5.86. The number of aryl methyl sites for hydroxylation is 1. The first-order valence-corrected chi connectivity index (χ1v) is 8.81. The van der Waals surface area contributed by atoms with Crippen molar-refractivity contribution < 1.29 is 4.39 Å². The Labute approximate surface area is 132 Å². The fraction of sp³-hybridized carbons (Fsp3) is 0.579. The SMILES string of the molecule is CCCCCCCCn1c2c(c3cc(F)ccc31)CNCC2. The fourth-order valence-electron chi connectivity index (χ4n) is 3.66. The number of fused-ring (bicyclic) bond motifs is 3. The molecule has 0 atom stereocenters. The smallest absolute Gasteiger partial charge is 0.123 e. The van der Waals surface area contributed by atoms with Gasteiger partial charge in [0, 0.05) is 42.7 Å². The minimum atomic E-state index is -0.127. The number of nitrogens with one attached hydrogen (secondary N) is 1. The van der Waals surface area contributed by atoms with Crippen molar-refractivity contribution in [3.8, 4) is 0 Å². The standard InChI is InChI=1S/C19H27FN2/c1-2-3-4-5-6-7-12-22-18-9-8-15(20)13-16(18)17-14-21-11-10-19(17)22/h8-9,13,21H,2-7,10-12,14H2,1H3. The van der Waals surface area contributed by atoms with Crippen molar-refractivity contribution >= 4 is 10.9 Å². The third-order valence-corrected chi connectivity index (χ3v) is 4.82. The molecule has 3 heteroatoms. The minimum Gasteiger partial charge on any atom is -0.344 e. The van der Waals surface area contributed by atoms with Gasteiger partial charge in [0.2, 0.25) is 0 Å². The molecule has 22 heavy (non-hydrogen) atoms. The number of hydrogen-bond acceptors (Lipinski definition) is 1. The van der Waals surface area contributed by atoms with Gasteiger partial charge in [0.1, 0.15) is 5.82 Å². The van der Waals surface area contributed by atoms with Gasteiger partial charge in [0.15, 0.2) is 0 Å². The van der Waals surface area contributed by atoms with E-state index >= 15 is 0 Å². The topological polar surface area (TPSA) is 17.0 Å². The van der Waals surface area contributed by atoms with Gasteiger partial charge in [-0.2, -0.15) is 0 Å². The van der Waals surface area contributed by atoms with Gasteiger partial charge in [-0.15, -0.1) is 0 Å². The molecule has 0 spiro atoms. The summed E-state index contributed by atoms with van der Waals surface area (Å²) in [5, 5.41) is 4.53. The van der Waals surface area contributed by atoms with E-state index in [0.717, 1.165) is 31.4 Å². The van der Waals surface area contributed by atoms with E-state index in [-0.39, 0.29) is 5.82 Å². The second-order valence-corrected chi connectivity index (χ2v) is 6.43. The predicted octanol–water partition coefficient (Wildman–Crippen LogP) is 4.79. The van der Waals surface area contributed by atoms with Crippen LogP contribution in [-0.2, 0) is 19.5 Å². The Hall–Kier alpha value is -1.35. The summed E-state index contributed by atoms with van der Waals surface area (Å²) in [6.07, 6.45) is 8.93. The molecule has 1 aromatic carbocycles. The molecule has 2 heterocycles. The number of hydrogen-bond donors (Lipinski definition) is 1. The summed E-state index contributed by atoms with van der Waals surface area (Å²) in [6.45, 7) is 5.23. The molecular weight excluding hydrogens is 275 g/mol. The lowest BCUT2D eigenvalue weighted by Gasteiger charge is -2.17. The molecule has 0 radical (unpaired) electrons. The van der Waals surface area contributed by atoms with Crippen LogP contribution in [0.25, 0.3) is 10.9 Å². The molecule has 0 saturated heterocycles. The van der Waals surface area contributed by atoms with Crippen LogP contribution in [0, 0.1) is 5.82 Å². The summed E-state index contributed by atoms with van der Waals surface area (Å²) in [5.74, 6) is -0.127. The van der Waals surface area contributed by atoms with E-state index < -0.39 is 0 Å². The van der Waals surface area contributed by atoms with Crippen molar-refractivity contribution in [3.05, 3.63) is 35.3 Å². The maximum atomic E-state index is 13.6. The summed E-state index contributed by atoms with van der Waals surface area (Å²) in [7, 11) is 0. The molecule has 0 fully saturated rings. The van der Waals surface area contributed by atoms with Crippen LogP contribution in [-0.4, -0.2) is 11.1 Å². The lowest BCUT2D eigenvalue weighted by molar-refractivity contribution is 0.541. The van der Waals surface area contributed by atoms with Gasteiger partial charge in [-0.25, -0.2) is 4.39 Å². The number of rotatable bonds is 7. The number of halogens is 1. The molecule has 0 amide bonds. The van der Waals surface area contributed by atoms with Crippen LogP contribution in [0.2, 0.25) is 0 Å². The molecule has 1 aliphatic heterocycles. The van der Waals surface area contributed by atoms with Gasteiger partial charge < -0.3 is 9.88 Å². The van der Waals surface area contributed by atoms with E-state index in [1.165, 1.54) is 55.3 Å². The minimum absolute atomic E-state index is 0.127. The van der Waals surface area contributed by atoms with Crippen molar-refractivity contribution in [2.45, 2.75) is 65.0 Å². The third-order valence-electron chi connectivity index (χ3n) is 4.82. The maximum absolute atomic E-state index is 13.6. The zero-order valence-corrected chi connectivity index (χ0v) is 13.6.